The molecule has 0 amide bonds. The molecular formula is C11H17N5O2. The number of imidazole rings is 1. The Morgan fingerprint density at radius 1 is 1.50 bits per heavy atom. The maximum atomic E-state index is 5.09. The molecule has 2 aromatic heterocycles. The van der Waals surface area contributed by atoms with Crippen LogP contribution in [0.4, 0.5) is 0 Å². The second kappa shape index (κ2) is 6.27. The van der Waals surface area contributed by atoms with Gasteiger partial charge in [-0.15, -0.1) is 0 Å². The van der Waals surface area contributed by atoms with Crippen LogP contribution in [0.15, 0.2) is 16.9 Å². The molecule has 0 aromatic carbocycles. The average Bonchev–Trinajstić information content (AvgIpc) is 2.95. The zero-order valence-corrected chi connectivity index (χ0v) is 10.6. The number of hydrogen-bond donors (Lipinski definition) is 1. The number of aromatic nitrogens is 4. The van der Waals surface area contributed by atoms with Gasteiger partial charge in [0, 0.05) is 26.0 Å². The summed E-state index contributed by atoms with van der Waals surface area (Å²) >= 11 is 0. The van der Waals surface area contributed by atoms with Crippen molar-refractivity contribution in [2.45, 2.75) is 20.0 Å². The molecule has 0 saturated heterocycles. The highest BCUT2D eigenvalue weighted by atomic mass is 16.5. The smallest absolute Gasteiger partial charge is 0.246 e. The van der Waals surface area contributed by atoms with Crippen molar-refractivity contribution < 1.29 is 9.26 Å². The van der Waals surface area contributed by atoms with Crippen molar-refractivity contribution in [3.8, 4) is 0 Å². The minimum absolute atomic E-state index is 0.544. The molecule has 7 nitrogen and oxygen atoms in total. The largest absolute Gasteiger partial charge is 0.383 e. The molecule has 18 heavy (non-hydrogen) atoms. The third kappa shape index (κ3) is 3.38. The predicted octanol–water partition coefficient (Wildman–Crippen LogP) is 0.359. The Balaban J connectivity index is 1.91. The van der Waals surface area contributed by atoms with E-state index < -0.39 is 0 Å². The Labute approximate surface area is 105 Å². The van der Waals surface area contributed by atoms with E-state index in [1.165, 1.54) is 0 Å². The van der Waals surface area contributed by atoms with Crippen molar-refractivity contribution in [3.63, 3.8) is 0 Å². The molecule has 2 rings (SSSR count). The van der Waals surface area contributed by atoms with E-state index in [9.17, 15) is 0 Å². The third-order valence-electron chi connectivity index (χ3n) is 2.44. The number of nitrogens with one attached hydrogen (secondary N) is 1. The van der Waals surface area contributed by atoms with Crippen LogP contribution in [0.25, 0.3) is 0 Å². The van der Waals surface area contributed by atoms with Gasteiger partial charge in [-0.25, -0.2) is 4.98 Å². The lowest BCUT2D eigenvalue weighted by Crippen LogP contribution is -2.21. The Morgan fingerprint density at radius 2 is 2.39 bits per heavy atom. The van der Waals surface area contributed by atoms with Crippen LogP contribution < -0.4 is 5.32 Å². The van der Waals surface area contributed by atoms with E-state index in [0.29, 0.717) is 31.4 Å². The van der Waals surface area contributed by atoms with Gasteiger partial charge in [0.15, 0.2) is 5.82 Å². The van der Waals surface area contributed by atoms with Crippen LogP contribution in [0.3, 0.4) is 0 Å². The summed E-state index contributed by atoms with van der Waals surface area (Å²) < 4.78 is 12.0. The molecular weight excluding hydrogens is 234 g/mol. The highest BCUT2D eigenvalue weighted by molar-refractivity contribution is 4.96. The summed E-state index contributed by atoms with van der Waals surface area (Å²) in [6.07, 6.45) is 3.66. The van der Waals surface area contributed by atoms with E-state index in [0.717, 1.165) is 12.4 Å². The van der Waals surface area contributed by atoms with Gasteiger partial charge < -0.3 is 19.1 Å². The molecule has 2 heterocycles. The van der Waals surface area contributed by atoms with Crippen LogP contribution in [0, 0.1) is 6.92 Å². The molecule has 0 aliphatic heterocycles. The Bertz CT molecular complexity index is 479. The van der Waals surface area contributed by atoms with E-state index in [-0.39, 0.29) is 0 Å². The van der Waals surface area contributed by atoms with Gasteiger partial charge in [-0.3, -0.25) is 0 Å². The molecule has 0 aliphatic carbocycles. The maximum Gasteiger partial charge on any atom is 0.246 e. The third-order valence-corrected chi connectivity index (χ3v) is 2.44. The Morgan fingerprint density at radius 3 is 3.11 bits per heavy atom. The summed E-state index contributed by atoms with van der Waals surface area (Å²) in [4.78, 5) is 8.46. The minimum Gasteiger partial charge on any atom is -0.383 e. The SMILES string of the molecule is COCCNCc1nccn1Cc1nc(C)no1. The van der Waals surface area contributed by atoms with Gasteiger partial charge >= 0.3 is 0 Å². The number of ether oxygens (including phenoxy) is 1. The molecule has 98 valence electrons. The summed E-state index contributed by atoms with van der Waals surface area (Å²) in [5, 5.41) is 7.01. The first-order valence-electron chi connectivity index (χ1n) is 5.78. The summed E-state index contributed by atoms with van der Waals surface area (Å²) in [7, 11) is 1.68. The number of hydrogen-bond acceptors (Lipinski definition) is 6. The van der Waals surface area contributed by atoms with E-state index in [4.69, 9.17) is 9.26 Å². The molecule has 2 aromatic rings. The van der Waals surface area contributed by atoms with Gasteiger partial charge in [-0.2, -0.15) is 4.98 Å². The van der Waals surface area contributed by atoms with Gasteiger partial charge in [-0.1, -0.05) is 5.16 Å². The number of nitrogens with zero attached hydrogens (tertiary/aromatic N) is 4. The van der Waals surface area contributed by atoms with Crippen molar-refractivity contribution in [1.82, 2.24) is 25.0 Å². The fraction of sp³-hybridized carbons (Fsp3) is 0.545. The van der Waals surface area contributed by atoms with E-state index in [2.05, 4.69) is 20.4 Å². The van der Waals surface area contributed by atoms with Crippen LogP contribution in [-0.2, 0) is 17.8 Å². The quantitative estimate of drug-likeness (QED) is 0.716. The number of methoxy groups -OCH3 is 1. The van der Waals surface area contributed by atoms with Crippen LogP contribution in [0.5, 0.6) is 0 Å². The second-order valence-electron chi connectivity index (χ2n) is 3.88. The summed E-state index contributed by atoms with van der Waals surface area (Å²) in [6.45, 7) is 4.51. The van der Waals surface area contributed by atoms with Crippen molar-refractivity contribution >= 4 is 0 Å². The average molecular weight is 251 g/mol. The fourth-order valence-electron chi connectivity index (χ4n) is 1.58. The first kappa shape index (κ1) is 12.7. The van der Waals surface area contributed by atoms with Gasteiger partial charge in [0.1, 0.15) is 12.4 Å². The first-order valence-corrected chi connectivity index (χ1v) is 5.78. The molecule has 0 unspecified atom stereocenters. The fourth-order valence-corrected chi connectivity index (χ4v) is 1.58. The zero-order chi connectivity index (χ0) is 12.8. The second-order valence-corrected chi connectivity index (χ2v) is 3.88. The highest BCUT2D eigenvalue weighted by Gasteiger charge is 2.07. The lowest BCUT2D eigenvalue weighted by molar-refractivity contribution is 0.199. The molecule has 0 saturated carbocycles. The molecule has 1 N–H and O–H groups in total. The summed E-state index contributed by atoms with van der Waals surface area (Å²) in [5.74, 6) is 2.16. The molecule has 0 atom stereocenters. The monoisotopic (exact) mass is 251 g/mol. The number of rotatable bonds is 7. The highest BCUT2D eigenvalue weighted by Crippen LogP contribution is 2.03. The number of aryl methyl sites for hydroxylation is 1. The molecule has 0 fully saturated rings. The molecule has 7 heteroatoms. The van der Waals surface area contributed by atoms with Crippen LogP contribution >= 0.6 is 0 Å². The zero-order valence-electron chi connectivity index (χ0n) is 10.6. The normalized spacial score (nSPS) is 11.0. The van der Waals surface area contributed by atoms with E-state index in [1.807, 2.05) is 10.8 Å². The van der Waals surface area contributed by atoms with Crippen LogP contribution in [-0.4, -0.2) is 40.0 Å². The van der Waals surface area contributed by atoms with Crippen molar-refractivity contribution in [2.24, 2.45) is 0 Å². The lowest BCUT2D eigenvalue weighted by atomic mass is 10.5. The molecule has 0 aliphatic rings. The predicted molar refractivity (Wildman–Crippen MR) is 63.9 cm³/mol. The summed E-state index contributed by atoms with van der Waals surface area (Å²) in [6, 6.07) is 0. The first-order chi connectivity index (χ1) is 8.79. The molecule has 0 bridgehead atoms. The van der Waals surface area contributed by atoms with Gasteiger partial charge in [0.05, 0.1) is 13.2 Å². The van der Waals surface area contributed by atoms with E-state index >= 15 is 0 Å². The minimum atomic E-state index is 0.544. The maximum absolute atomic E-state index is 5.09. The van der Waals surface area contributed by atoms with Crippen molar-refractivity contribution in [2.75, 3.05) is 20.3 Å². The van der Waals surface area contributed by atoms with Gasteiger partial charge in [-0.05, 0) is 6.92 Å². The standard InChI is InChI=1S/C11H17N5O2/c1-9-14-11(18-15-9)8-16-5-3-13-10(16)7-12-4-6-17-2/h3,5,12H,4,6-8H2,1-2H3. The van der Waals surface area contributed by atoms with Crippen molar-refractivity contribution in [3.05, 3.63) is 29.9 Å². The Kier molecular flexibility index (Phi) is 4.43. The molecule has 0 spiro atoms. The Hall–Kier alpha value is -1.73. The molecule has 0 radical (unpaired) electrons. The van der Waals surface area contributed by atoms with Crippen LogP contribution in [0.2, 0.25) is 0 Å². The lowest BCUT2D eigenvalue weighted by Gasteiger charge is -2.06. The summed E-state index contributed by atoms with van der Waals surface area (Å²) in [5.41, 5.74) is 0. The van der Waals surface area contributed by atoms with Gasteiger partial charge in [0.25, 0.3) is 0 Å². The van der Waals surface area contributed by atoms with E-state index in [1.54, 1.807) is 20.2 Å². The van der Waals surface area contributed by atoms with Crippen LogP contribution in [0.1, 0.15) is 17.5 Å². The van der Waals surface area contributed by atoms with Gasteiger partial charge in [0.2, 0.25) is 5.89 Å². The topological polar surface area (TPSA) is 78.0 Å². The van der Waals surface area contributed by atoms with Crippen molar-refractivity contribution in [1.29, 1.82) is 0 Å².